The van der Waals surface area contributed by atoms with Crippen LogP contribution in [0.15, 0.2) is 60.7 Å². The third kappa shape index (κ3) is 6.62. The average molecular weight is 582 g/mol. The van der Waals surface area contributed by atoms with Crippen LogP contribution in [-0.4, -0.2) is 73.5 Å². The molecule has 11 nitrogen and oxygen atoms in total. The second-order valence-corrected chi connectivity index (χ2v) is 11.4. The number of sulfonamides is 1. The largest absolute Gasteiger partial charge is 0.465 e. The second-order valence-electron chi connectivity index (χ2n) is 9.61. The van der Waals surface area contributed by atoms with E-state index >= 15 is 0 Å². The first-order chi connectivity index (χ1) is 19.7. The zero-order valence-electron chi connectivity index (χ0n) is 22.8. The molecule has 3 aromatic rings. The summed E-state index contributed by atoms with van der Waals surface area (Å²) in [6.07, 6.45) is 1.32. The lowest BCUT2D eigenvalue weighted by atomic mass is 9.93. The summed E-state index contributed by atoms with van der Waals surface area (Å²) in [6.45, 7) is 1.97. The quantitative estimate of drug-likeness (QED) is 0.267. The normalized spacial score (nSPS) is 15.1. The number of fused-ring (bicyclic) bond motifs is 1. The van der Waals surface area contributed by atoms with E-state index in [-0.39, 0.29) is 30.2 Å². The summed E-state index contributed by atoms with van der Waals surface area (Å²) in [7, 11) is -2.05. The number of carbonyl (C=O) groups is 2. The Labute approximate surface area is 238 Å². The van der Waals surface area contributed by atoms with Gasteiger partial charge in [0.15, 0.2) is 6.79 Å². The van der Waals surface area contributed by atoms with Crippen LogP contribution in [0.1, 0.15) is 15.9 Å². The van der Waals surface area contributed by atoms with E-state index < -0.39 is 10.0 Å². The third-order valence-electron chi connectivity index (χ3n) is 6.76. The number of hydrogen-bond acceptors (Lipinski definition) is 8. The van der Waals surface area contributed by atoms with Gasteiger partial charge in [0.05, 0.1) is 31.7 Å². The van der Waals surface area contributed by atoms with Crippen molar-refractivity contribution in [2.75, 3.05) is 67.6 Å². The Morgan fingerprint density at radius 2 is 1.66 bits per heavy atom. The van der Waals surface area contributed by atoms with Gasteiger partial charge in [0, 0.05) is 30.6 Å². The van der Waals surface area contributed by atoms with E-state index in [1.165, 1.54) is 0 Å². The van der Waals surface area contributed by atoms with Crippen molar-refractivity contribution >= 4 is 39.1 Å². The Hall–Kier alpha value is -4.13. The fraction of sp³-hybridized carbons (Fsp3) is 0.310. The van der Waals surface area contributed by atoms with Crippen LogP contribution in [0.2, 0.25) is 0 Å². The highest BCUT2D eigenvalue weighted by atomic mass is 32.2. The fourth-order valence-corrected chi connectivity index (χ4v) is 5.33. The van der Waals surface area contributed by atoms with Crippen molar-refractivity contribution in [2.45, 2.75) is 6.42 Å². The van der Waals surface area contributed by atoms with Gasteiger partial charge in [0.2, 0.25) is 10.0 Å². The van der Waals surface area contributed by atoms with E-state index in [1.54, 1.807) is 35.1 Å². The molecule has 0 radical (unpaired) electrons. The number of rotatable bonds is 11. The molecule has 2 heterocycles. The molecule has 0 spiro atoms. The van der Waals surface area contributed by atoms with Crippen molar-refractivity contribution in [2.24, 2.45) is 0 Å². The molecule has 2 aliphatic heterocycles. The van der Waals surface area contributed by atoms with Crippen LogP contribution in [0.4, 0.5) is 21.9 Å². The number of carbonyl (C=O) groups excluding carboxylic acids is 2. The Kier molecular flexibility index (Phi) is 8.43. The lowest BCUT2D eigenvalue weighted by Gasteiger charge is -2.29. The van der Waals surface area contributed by atoms with Crippen LogP contribution in [0.3, 0.4) is 0 Å². The Balaban J connectivity index is 1.33. The van der Waals surface area contributed by atoms with E-state index in [0.29, 0.717) is 50.6 Å². The molecule has 0 atom stereocenters. The number of benzene rings is 3. The van der Waals surface area contributed by atoms with Gasteiger partial charge in [-0.05, 0) is 59.5 Å². The molecule has 0 unspecified atom stereocenters. The zero-order valence-corrected chi connectivity index (χ0v) is 23.6. The molecule has 2 aliphatic rings. The molecule has 12 heteroatoms. The molecule has 0 aromatic heterocycles. The number of nitrogens with zero attached hydrogens (tertiary/aromatic N) is 2. The van der Waals surface area contributed by atoms with Gasteiger partial charge in [-0.25, -0.2) is 13.2 Å². The fourth-order valence-electron chi connectivity index (χ4n) is 4.77. The van der Waals surface area contributed by atoms with Crippen molar-refractivity contribution in [1.82, 2.24) is 0 Å². The van der Waals surface area contributed by atoms with Gasteiger partial charge in [-0.2, -0.15) is 0 Å². The minimum absolute atomic E-state index is 0.0903. The van der Waals surface area contributed by atoms with Gasteiger partial charge >= 0.3 is 6.09 Å². The summed E-state index contributed by atoms with van der Waals surface area (Å²) < 4.78 is 47.4. The molecule has 5 rings (SSSR count). The molecule has 1 saturated heterocycles. The Morgan fingerprint density at radius 3 is 2.37 bits per heavy atom. The van der Waals surface area contributed by atoms with Crippen molar-refractivity contribution in [3.63, 3.8) is 0 Å². The number of methoxy groups -OCH3 is 1. The highest BCUT2D eigenvalue weighted by Gasteiger charge is 2.27. The van der Waals surface area contributed by atoms with Crippen LogP contribution in [0.5, 0.6) is 5.75 Å². The Morgan fingerprint density at radius 1 is 0.902 bits per heavy atom. The van der Waals surface area contributed by atoms with E-state index in [4.69, 9.17) is 18.9 Å². The maximum Gasteiger partial charge on any atom is 0.414 e. The summed E-state index contributed by atoms with van der Waals surface area (Å²) in [5.41, 5.74) is 4.98. The van der Waals surface area contributed by atoms with Crippen molar-refractivity contribution in [3.05, 3.63) is 71.8 Å². The predicted octanol–water partition coefficient (Wildman–Crippen LogP) is 3.88. The number of hydrogen-bond donors (Lipinski definition) is 1. The lowest BCUT2D eigenvalue weighted by molar-refractivity contribution is -0.00814. The molecule has 0 aliphatic carbocycles. The van der Waals surface area contributed by atoms with Gasteiger partial charge in [0.1, 0.15) is 12.4 Å². The first kappa shape index (κ1) is 28.4. The van der Waals surface area contributed by atoms with Gasteiger partial charge in [0.25, 0.3) is 5.91 Å². The number of anilines is 3. The smallest absolute Gasteiger partial charge is 0.414 e. The van der Waals surface area contributed by atoms with Gasteiger partial charge < -0.3 is 23.8 Å². The minimum atomic E-state index is -3.61. The van der Waals surface area contributed by atoms with Crippen LogP contribution in [0, 0.1) is 0 Å². The van der Waals surface area contributed by atoms with E-state index in [2.05, 4.69) is 4.72 Å². The predicted molar refractivity (Wildman–Crippen MR) is 154 cm³/mol. The number of ether oxygens (including phenoxy) is 4. The molecular formula is C29H31N3O8S. The molecule has 1 fully saturated rings. The molecule has 1 N–H and O–H groups in total. The molecule has 0 bridgehead atoms. The van der Waals surface area contributed by atoms with E-state index in [0.717, 1.165) is 28.6 Å². The van der Waals surface area contributed by atoms with Crippen molar-refractivity contribution < 1.29 is 37.0 Å². The van der Waals surface area contributed by atoms with Crippen molar-refractivity contribution in [1.29, 1.82) is 0 Å². The number of amides is 2. The van der Waals surface area contributed by atoms with Gasteiger partial charge in [-0.15, -0.1) is 0 Å². The zero-order chi connectivity index (χ0) is 29.0. The SMILES string of the molecule is COCCOCOc1ccc(N2CCc3cc(-c4ccc(N5CCOC5=O)cc4)ccc3C2=O)cc1NS(C)(=O)=O. The highest BCUT2D eigenvalue weighted by Crippen LogP contribution is 2.34. The summed E-state index contributed by atoms with van der Waals surface area (Å²) in [5, 5.41) is 0. The monoisotopic (exact) mass is 581 g/mol. The minimum Gasteiger partial charge on any atom is -0.465 e. The van der Waals surface area contributed by atoms with E-state index in [9.17, 15) is 18.0 Å². The summed E-state index contributed by atoms with van der Waals surface area (Å²) in [5.74, 6) is 0.0984. The maximum atomic E-state index is 13.5. The molecule has 216 valence electrons. The first-order valence-electron chi connectivity index (χ1n) is 13.0. The van der Waals surface area contributed by atoms with Crippen molar-refractivity contribution in [3.8, 4) is 16.9 Å². The molecule has 41 heavy (non-hydrogen) atoms. The summed E-state index contributed by atoms with van der Waals surface area (Å²) in [4.78, 5) is 28.6. The van der Waals surface area contributed by atoms with Crippen LogP contribution in [-0.2, 0) is 30.7 Å². The van der Waals surface area contributed by atoms with Crippen LogP contribution in [0.25, 0.3) is 11.1 Å². The van der Waals surface area contributed by atoms with Crippen LogP contribution < -0.4 is 19.3 Å². The summed E-state index contributed by atoms with van der Waals surface area (Å²) >= 11 is 0. The third-order valence-corrected chi connectivity index (χ3v) is 7.35. The molecule has 2 amide bonds. The average Bonchev–Trinajstić information content (AvgIpc) is 3.38. The lowest BCUT2D eigenvalue weighted by Crippen LogP contribution is -2.37. The highest BCUT2D eigenvalue weighted by molar-refractivity contribution is 7.92. The molecule has 0 saturated carbocycles. The van der Waals surface area contributed by atoms with Gasteiger partial charge in [-0.1, -0.05) is 24.3 Å². The number of nitrogens with one attached hydrogen (secondary N) is 1. The molecular weight excluding hydrogens is 550 g/mol. The van der Waals surface area contributed by atoms with Crippen LogP contribution >= 0.6 is 0 Å². The number of cyclic esters (lactones) is 1. The maximum absolute atomic E-state index is 13.5. The topological polar surface area (TPSA) is 124 Å². The first-order valence-corrected chi connectivity index (χ1v) is 14.9. The molecule has 3 aromatic carbocycles. The second kappa shape index (κ2) is 12.2. The Bertz CT molecular complexity index is 1540. The van der Waals surface area contributed by atoms with E-state index in [1.807, 2.05) is 42.5 Å². The van der Waals surface area contributed by atoms with Gasteiger partial charge in [-0.3, -0.25) is 14.4 Å². The standard InChI is InChI=1S/C29H31N3O8S/c1-37-15-16-38-19-40-27-10-8-24(18-26(27)30-41(2,35)36)31-12-11-22-17-21(5-9-25(22)28(31)33)20-3-6-23(7-4-20)32-13-14-39-29(32)34/h3-10,17-18,30H,11-16,19H2,1-2H3. The summed E-state index contributed by atoms with van der Waals surface area (Å²) in [6, 6.07) is 18.3.